The first-order chi connectivity index (χ1) is 13.2. The number of hydrogen-bond donors (Lipinski definition) is 1. The largest absolute Gasteiger partial charge is 0.364 e. The third-order valence-electron chi connectivity index (χ3n) is 5.96. The standard InChI is InChI=1S/C15H16F3N5O4S/c16-9-5-23(28(19,24)25)4-3-14(9)11(15(14,17)18)13-20-12(22-27-13)8-6-26-21-10(8)7-1-2-7/h6-7,9,11H,1-5H2,(H2,19,24,25). The summed E-state index contributed by atoms with van der Waals surface area (Å²) in [6.07, 6.45) is 0.690. The van der Waals surface area contributed by atoms with Crippen LogP contribution in [-0.4, -0.2) is 53.2 Å². The van der Waals surface area contributed by atoms with E-state index in [4.69, 9.17) is 14.2 Å². The maximum atomic E-state index is 14.7. The Balaban J connectivity index is 1.43. The lowest BCUT2D eigenvalue weighted by molar-refractivity contribution is -0.00245. The van der Waals surface area contributed by atoms with Gasteiger partial charge in [0.2, 0.25) is 11.7 Å². The molecular weight excluding hydrogens is 403 g/mol. The molecule has 2 aromatic rings. The van der Waals surface area contributed by atoms with Crippen molar-refractivity contribution in [2.45, 2.75) is 43.2 Å². The second-order valence-corrected chi connectivity index (χ2v) is 9.11. The number of rotatable bonds is 4. The quantitative estimate of drug-likeness (QED) is 0.796. The number of piperidine rings is 1. The summed E-state index contributed by atoms with van der Waals surface area (Å²) < 4.78 is 77.5. The van der Waals surface area contributed by atoms with Crippen LogP contribution in [0.2, 0.25) is 0 Å². The summed E-state index contributed by atoms with van der Waals surface area (Å²) in [7, 11) is -4.15. The van der Waals surface area contributed by atoms with Crippen LogP contribution in [0.4, 0.5) is 13.2 Å². The molecule has 3 fully saturated rings. The van der Waals surface area contributed by atoms with Crippen molar-refractivity contribution in [2.24, 2.45) is 10.6 Å². The molecule has 0 radical (unpaired) electrons. The van der Waals surface area contributed by atoms with Gasteiger partial charge in [0, 0.05) is 19.0 Å². The van der Waals surface area contributed by atoms with Crippen LogP contribution in [0.25, 0.3) is 11.4 Å². The van der Waals surface area contributed by atoms with Gasteiger partial charge in [0.25, 0.3) is 16.1 Å². The molecular formula is C15H16F3N5O4S. The predicted octanol–water partition coefficient (Wildman–Crippen LogP) is 1.57. The van der Waals surface area contributed by atoms with E-state index in [1.165, 1.54) is 6.26 Å². The first kappa shape index (κ1) is 18.1. The maximum Gasteiger partial charge on any atom is 0.276 e. The summed E-state index contributed by atoms with van der Waals surface area (Å²) in [6, 6.07) is 0. The summed E-state index contributed by atoms with van der Waals surface area (Å²) in [6.45, 7) is -1.03. The molecule has 3 atom stereocenters. The van der Waals surface area contributed by atoms with Gasteiger partial charge in [-0.1, -0.05) is 10.3 Å². The van der Waals surface area contributed by atoms with Crippen molar-refractivity contribution in [3.05, 3.63) is 17.8 Å². The van der Waals surface area contributed by atoms with Crippen LogP contribution < -0.4 is 5.14 Å². The third kappa shape index (κ3) is 2.38. The topological polar surface area (TPSA) is 128 Å². The molecule has 3 heterocycles. The van der Waals surface area contributed by atoms with Crippen molar-refractivity contribution >= 4 is 10.2 Å². The summed E-state index contributed by atoms with van der Waals surface area (Å²) >= 11 is 0. The molecule has 28 heavy (non-hydrogen) atoms. The highest BCUT2D eigenvalue weighted by atomic mass is 32.2. The second-order valence-electron chi connectivity index (χ2n) is 7.56. The molecule has 3 unspecified atom stereocenters. The van der Waals surface area contributed by atoms with Crippen LogP contribution in [-0.2, 0) is 10.2 Å². The van der Waals surface area contributed by atoms with Gasteiger partial charge in [0.15, 0.2) is 0 Å². The van der Waals surface area contributed by atoms with Crippen molar-refractivity contribution in [1.29, 1.82) is 0 Å². The molecule has 2 aliphatic carbocycles. The summed E-state index contributed by atoms with van der Waals surface area (Å²) in [5.41, 5.74) is -0.961. The van der Waals surface area contributed by atoms with E-state index in [-0.39, 0.29) is 24.2 Å². The Hall–Kier alpha value is -1.99. The predicted molar refractivity (Wildman–Crippen MR) is 86.1 cm³/mol. The minimum absolute atomic E-state index is 0.0633. The zero-order valence-corrected chi connectivity index (χ0v) is 15.2. The highest BCUT2D eigenvalue weighted by molar-refractivity contribution is 7.86. The van der Waals surface area contributed by atoms with Crippen LogP contribution in [0.15, 0.2) is 15.3 Å². The molecule has 2 N–H and O–H groups in total. The van der Waals surface area contributed by atoms with Gasteiger partial charge >= 0.3 is 0 Å². The number of nitrogens with two attached hydrogens (primary N) is 1. The first-order valence-corrected chi connectivity index (χ1v) is 10.2. The molecule has 0 aromatic carbocycles. The summed E-state index contributed by atoms with van der Waals surface area (Å²) in [4.78, 5) is 4.05. The summed E-state index contributed by atoms with van der Waals surface area (Å²) in [5, 5.41) is 12.6. The van der Waals surface area contributed by atoms with Crippen LogP contribution >= 0.6 is 0 Å². The van der Waals surface area contributed by atoms with Crippen molar-refractivity contribution < 1.29 is 30.6 Å². The Morgan fingerprint density at radius 1 is 1.29 bits per heavy atom. The molecule has 152 valence electrons. The van der Waals surface area contributed by atoms with Crippen molar-refractivity contribution in [3.8, 4) is 11.4 Å². The minimum Gasteiger partial charge on any atom is -0.364 e. The van der Waals surface area contributed by atoms with Gasteiger partial charge in [-0.25, -0.2) is 18.3 Å². The highest BCUT2D eigenvalue weighted by Gasteiger charge is 2.86. The maximum absolute atomic E-state index is 14.7. The van der Waals surface area contributed by atoms with Gasteiger partial charge in [0.1, 0.15) is 18.4 Å². The molecule has 5 rings (SSSR count). The fourth-order valence-corrected chi connectivity index (χ4v) is 4.89. The van der Waals surface area contributed by atoms with Crippen LogP contribution in [0, 0.1) is 5.41 Å². The number of nitrogens with zero attached hydrogens (tertiary/aromatic N) is 4. The number of halogens is 3. The lowest BCUT2D eigenvalue weighted by atomic mass is 9.89. The first-order valence-electron chi connectivity index (χ1n) is 8.74. The average molecular weight is 419 g/mol. The number of hydrogen-bond acceptors (Lipinski definition) is 7. The fraction of sp³-hybridized carbons (Fsp3) is 0.667. The van der Waals surface area contributed by atoms with Crippen molar-refractivity contribution in [2.75, 3.05) is 13.1 Å². The Morgan fingerprint density at radius 3 is 2.68 bits per heavy atom. The molecule has 1 saturated heterocycles. The van der Waals surface area contributed by atoms with E-state index in [1.807, 2.05) is 0 Å². The number of alkyl halides is 3. The molecule has 0 bridgehead atoms. The molecule has 13 heteroatoms. The van der Waals surface area contributed by atoms with Gasteiger partial charge in [-0.15, -0.1) is 0 Å². The van der Waals surface area contributed by atoms with E-state index >= 15 is 0 Å². The Kier molecular flexibility index (Phi) is 3.57. The molecule has 3 aliphatic rings. The Morgan fingerprint density at radius 2 is 2.04 bits per heavy atom. The van der Waals surface area contributed by atoms with Gasteiger partial charge < -0.3 is 9.05 Å². The molecule has 0 amide bonds. The van der Waals surface area contributed by atoms with Gasteiger partial charge in [-0.3, -0.25) is 0 Å². The van der Waals surface area contributed by atoms with Gasteiger partial charge in [-0.05, 0) is 19.3 Å². The molecule has 2 aromatic heterocycles. The average Bonchev–Trinajstić information content (AvgIpc) is 3.34. The SMILES string of the molecule is NS(=O)(=O)N1CCC2(C(F)C1)C(c1nc(-c3conc3C3CC3)no1)C2(F)F. The van der Waals surface area contributed by atoms with Gasteiger partial charge in [-0.2, -0.15) is 17.7 Å². The Bertz CT molecular complexity index is 1040. The molecule has 2 saturated carbocycles. The van der Waals surface area contributed by atoms with E-state index in [0.717, 1.165) is 12.8 Å². The van der Waals surface area contributed by atoms with E-state index in [1.54, 1.807) is 0 Å². The normalized spacial score (nSPS) is 32.7. The lowest BCUT2D eigenvalue weighted by Gasteiger charge is -2.33. The van der Waals surface area contributed by atoms with E-state index < -0.39 is 46.6 Å². The van der Waals surface area contributed by atoms with E-state index in [9.17, 15) is 21.6 Å². The zero-order valence-electron chi connectivity index (χ0n) is 14.4. The monoisotopic (exact) mass is 419 g/mol. The van der Waals surface area contributed by atoms with Gasteiger partial charge in [0.05, 0.1) is 16.7 Å². The lowest BCUT2D eigenvalue weighted by Crippen LogP contribution is -2.50. The molecule has 1 spiro atoms. The minimum atomic E-state index is -4.15. The zero-order chi connectivity index (χ0) is 19.9. The van der Waals surface area contributed by atoms with Crippen LogP contribution in [0.3, 0.4) is 0 Å². The summed E-state index contributed by atoms with van der Waals surface area (Å²) in [5.74, 6) is -5.15. The van der Waals surface area contributed by atoms with E-state index in [0.29, 0.717) is 15.6 Å². The fourth-order valence-electron chi connectivity index (χ4n) is 4.21. The van der Waals surface area contributed by atoms with Crippen molar-refractivity contribution in [3.63, 3.8) is 0 Å². The molecule has 9 nitrogen and oxygen atoms in total. The smallest absolute Gasteiger partial charge is 0.276 e. The highest BCUT2D eigenvalue weighted by Crippen LogP contribution is 2.75. The van der Waals surface area contributed by atoms with E-state index in [2.05, 4.69) is 15.3 Å². The number of aromatic nitrogens is 3. The van der Waals surface area contributed by atoms with Crippen molar-refractivity contribution in [1.82, 2.24) is 19.6 Å². The van der Waals surface area contributed by atoms with Crippen LogP contribution in [0.5, 0.6) is 0 Å². The molecule has 1 aliphatic heterocycles. The van der Waals surface area contributed by atoms with Crippen LogP contribution in [0.1, 0.15) is 42.7 Å². The Labute approximate surface area is 157 Å². The third-order valence-corrected chi connectivity index (χ3v) is 7.02. The second kappa shape index (κ2) is 5.54.